The van der Waals surface area contributed by atoms with Gasteiger partial charge in [-0.15, -0.1) is 0 Å². The molecule has 0 aliphatic heterocycles. The van der Waals surface area contributed by atoms with Gasteiger partial charge in [-0.25, -0.2) is 8.42 Å². The number of aliphatic hydroxyl groups excluding tert-OH is 1. The number of carbonyl (C=O) groups excluding carboxylic acids is 1. The van der Waals surface area contributed by atoms with Crippen LogP contribution in [0, 0.1) is 6.92 Å². The summed E-state index contributed by atoms with van der Waals surface area (Å²) in [5.74, 6) is -0.357. The molecule has 3 rings (SSSR count). The van der Waals surface area contributed by atoms with Gasteiger partial charge in [0, 0.05) is 28.7 Å². The lowest BCUT2D eigenvalue weighted by atomic mass is 10.1. The van der Waals surface area contributed by atoms with E-state index in [2.05, 4.69) is 5.32 Å². The number of ether oxygens (including phenoxy) is 1. The van der Waals surface area contributed by atoms with Crippen LogP contribution in [0.1, 0.15) is 29.8 Å². The molecule has 0 aliphatic rings. The second-order valence-corrected chi connectivity index (χ2v) is 10.9. The number of carbonyl (C=O) groups is 1. The van der Waals surface area contributed by atoms with Crippen LogP contribution in [0.4, 0.5) is 5.69 Å². The van der Waals surface area contributed by atoms with Crippen LogP contribution in [0.2, 0.25) is 5.02 Å². The summed E-state index contributed by atoms with van der Waals surface area (Å²) < 4.78 is 30.7. The van der Waals surface area contributed by atoms with Gasteiger partial charge in [-0.2, -0.15) is 0 Å². The van der Waals surface area contributed by atoms with Crippen LogP contribution in [-0.4, -0.2) is 49.1 Å². The number of nitrogens with one attached hydrogen (secondary N) is 1. The Morgan fingerprint density at radius 3 is 2.38 bits per heavy atom. The van der Waals surface area contributed by atoms with E-state index in [9.17, 15) is 18.3 Å². The maximum atomic E-state index is 13.1. The number of aromatic nitrogens is 1. The third-order valence-corrected chi connectivity index (χ3v) is 6.73. The topological polar surface area (TPSA) is 97.6 Å². The minimum absolute atomic E-state index is 0.0143. The van der Waals surface area contributed by atoms with Crippen molar-refractivity contribution in [2.75, 3.05) is 18.2 Å². The number of anilines is 1. The van der Waals surface area contributed by atoms with Crippen LogP contribution in [0.5, 0.6) is 0 Å². The molecule has 0 spiro atoms. The van der Waals surface area contributed by atoms with Crippen LogP contribution in [0.3, 0.4) is 0 Å². The van der Waals surface area contributed by atoms with E-state index in [1.165, 1.54) is 12.1 Å². The summed E-state index contributed by atoms with van der Waals surface area (Å²) >= 11 is 6.46. The maximum Gasteiger partial charge on any atom is 0.257 e. The van der Waals surface area contributed by atoms with Crippen LogP contribution in [0.25, 0.3) is 11.3 Å². The Kier molecular flexibility index (Phi) is 8.20. The minimum Gasteiger partial charge on any atom is -0.389 e. The molecule has 2 N–H and O–H groups in total. The van der Waals surface area contributed by atoms with Crippen molar-refractivity contribution < 1.29 is 23.1 Å². The maximum absolute atomic E-state index is 13.1. The standard InChI is InChI=1S/C25H29ClN2O5S/c1-16(2)33-15-19(29)13-28-14-22(17(3)24(28)21-7-5-6-8-23(21)26)25(30)27-18-9-11-20(12-10-18)34(4,31)32/h5-12,14,16,19,29H,13,15H2,1-4H3,(H,27,30). The van der Waals surface area contributed by atoms with E-state index < -0.39 is 15.9 Å². The summed E-state index contributed by atoms with van der Waals surface area (Å²) in [5.41, 5.74) is 3.06. The molecule has 0 fully saturated rings. The Balaban J connectivity index is 1.94. The minimum atomic E-state index is -3.33. The van der Waals surface area contributed by atoms with Gasteiger partial charge in [-0.1, -0.05) is 29.8 Å². The largest absolute Gasteiger partial charge is 0.389 e. The molecule has 0 saturated carbocycles. The molecule has 34 heavy (non-hydrogen) atoms. The number of benzene rings is 2. The van der Waals surface area contributed by atoms with Gasteiger partial charge in [-0.05, 0) is 56.7 Å². The Hall–Kier alpha value is -2.65. The molecule has 0 bridgehead atoms. The Bertz CT molecular complexity index is 1270. The highest BCUT2D eigenvalue weighted by molar-refractivity contribution is 7.90. The van der Waals surface area contributed by atoms with Gasteiger partial charge in [-0.3, -0.25) is 4.79 Å². The Labute approximate surface area is 205 Å². The molecule has 9 heteroatoms. The lowest BCUT2D eigenvalue weighted by molar-refractivity contribution is -0.000505. The van der Waals surface area contributed by atoms with Gasteiger partial charge in [0.25, 0.3) is 5.91 Å². The highest BCUT2D eigenvalue weighted by Gasteiger charge is 2.22. The van der Waals surface area contributed by atoms with Crippen molar-refractivity contribution in [3.05, 3.63) is 70.9 Å². The third kappa shape index (κ3) is 6.27. The number of nitrogens with zero attached hydrogens (tertiary/aromatic N) is 1. The zero-order valence-electron chi connectivity index (χ0n) is 19.6. The van der Waals surface area contributed by atoms with E-state index in [1.807, 2.05) is 43.5 Å². The first-order valence-electron chi connectivity index (χ1n) is 10.8. The van der Waals surface area contributed by atoms with Gasteiger partial charge in [0.05, 0.1) is 41.5 Å². The van der Waals surface area contributed by atoms with Gasteiger partial charge in [0.2, 0.25) is 0 Å². The molecular formula is C25H29ClN2O5S. The highest BCUT2D eigenvalue weighted by Crippen LogP contribution is 2.33. The van der Waals surface area contributed by atoms with Crippen LogP contribution < -0.4 is 5.32 Å². The van der Waals surface area contributed by atoms with Crippen molar-refractivity contribution in [2.45, 2.75) is 44.4 Å². The third-order valence-electron chi connectivity index (χ3n) is 5.27. The molecule has 0 radical (unpaired) electrons. The fourth-order valence-electron chi connectivity index (χ4n) is 3.61. The Morgan fingerprint density at radius 1 is 1.15 bits per heavy atom. The van der Waals surface area contributed by atoms with Crippen molar-refractivity contribution in [2.24, 2.45) is 0 Å². The molecule has 182 valence electrons. The van der Waals surface area contributed by atoms with Gasteiger partial charge in [0.1, 0.15) is 0 Å². The zero-order chi connectivity index (χ0) is 25.0. The lowest BCUT2D eigenvalue weighted by Crippen LogP contribution is -2.24. The van der Waals surface area contributed by atoms with E-state index in [-0.39, 0.29) is 30.1 Å². The van der Waals surface area contributed by atoms with Gasteiger partial charge < -0.3 is 19.7 Å². The number of amides is 1. The summed E-state index contributed by atoms with van der Waals surface area (Å²) in [4.78, 5) is 13.3. The molecule has 0 saturated heterocycles. The van der Waals surface area contributed by atoms with Crippen molar-refractivity contribution in [3.63, 3.8) is 0 Å². The fraction of sp³-hybridized carbons (Fsp3) is 0.320. The summed E-state index contributed by atoms with van der Waals surface area (Å²) in [6, 6.07) is 13.3. The van der Waals surface area contributed by atoms with Crippen molar-refractivity contribution >= 4 is 33.0 Å². The van der Waals surface area contributed by atoms with E-state index in [0.717, 1.165) is 17.5 Å². The average Bonchev–Trinajstić information content (AvgIpc) is 3.08. The monoisotopic (exact) mass is 504 g/mol. The van der Waals surface area contributed by atoms with Crippen molar-refractivity contribution in [3.8, 4) is 11.3 Å². The van der Waals surface area contributed by atoms with E-state index in [0.29, 0.717) is 21.8 Å². The quantitative estimate of drug-likeness (QED) is 0.445. The summed E-state index contributed by atoms with van der Waals surface area (Å²) in [6.07, 6.45) is 2.02. The number of sulfone groups is 1. The molecule has 1 atom stereocenters. The molecule has 1 heterocycles. The van der Waals surface area contributed by atoms with Gasteiger partial charge >= 0.3 is 0 Å². The van der Waals surface area contributed by atoms with E-state index in [1.54, 1.807) is 24.4 Å². The molecule has 2 aromatic carbocycles. The second kappa shape index (κ2) is 10.7. The fourth-order valence-corrected chi connectivity index (χ4v) is 4.47. The number of hydrogen-bond donors (Lipinski definition) is 2. The number of hydrogen-bond acceptors (Lipinski definition) is 5. The van der Waals surface area contributed by atoms with E-state index in [4.69, 9.17) is 16.3 Å². The molecule has 1 unspecified atom stereocenters. The predicted octanol–water partition coefficient (Wildman–Crippen LogP) is 4.56. The first-order valence-corrected chi connectivity index (χ1v) is 13.1. The second-order valence-electron chi connectivity index (χ2n) is 8.44. The van der Waals surface area contributed by atoms with Crippen LogP contribution in [0.15, 0.2) is 59.6 Å². The first-order chi connectivity index (χ1) is 16.0. The predicted molar refractivity (Wildman–Crippen MR) is 134 cm³/mol. The molecule has 1 amide bonds. The average molecular weight is 505 g/mol. The van der Waals surface area contributed by atoms with Crippen molar-refractivity contribution in [1.29, 1.82) is 0 Å². The summed E-state index contributed by atoms with van der Waals surface area (Å²) in [5, 5.41) is 13.9. The lowest BCUT2D eigenvalue weighted by Gasteiger charge is -2.17. The summed E-state index contributed by atoms with van der Waals surface area (Å²) in [6.45, 7) is 5.99. The summed E-state index contributed by atoms with van der Waals surface area (Å²) in [7, 11) is -3.33. The molecule has 7 nitrogen and oxygen atoms in total. The molecular weight excluding hydrogens is 476 g/mol. The number of rotatable bonds is 9. The Morgan fingerprint density at radius 2 is 1.79 bits per heavy atom. The van der Waals surface area contributed by atoms with Gasteiger partial charge in [0.15, 0.2) is 9.84 Å². The smallest absolute Gasteiger partial charge is 0.257 e. The van der Waals surface area contributed by atoms with Crippen LogP contribution >= 0.6 is 11.6 Å². The SMILES string of the molecule is Cc1c(C(=O)Nc2ccc(S(C)(=O)=O)cc2)cn(CC(O)COC(C)C)c1-c1ccccc1Cl. The first kappa shape index (κ1) is 26.0. The van der Waals surface area contributed by atoms with E-state index >= 15 is 0 Å². The zero-order valence-corrected chi connectivity index (χ0v) is 21.2. The number of halogens is 1. The molecule has 0 aliphatic carbocycles. The van der Waals surface area contributed by atoms with Crippen LogP contribution in [-0.2, 0) is 21.1 Å². The normalized spacial score (nSPS) is 12.7. The molecule has 1 aromatic heterocycles. The van der Waals surface area contributed by atoms with Crippen molar-refractivity contribution in [1.82, 2.24) is 4.57 Å². The number of aliphatic hydroxyl groups is 1. The molecule has 3 aromatic rings. The highest BCUT2D eigenvalue weighted by atomic mass is 35.5.